The molecule has 1 N–H and O–H groups in total. The minimum absolute atomic E-state index is 0.00112. The lowest BCUT2D eigenvalue weighted by molar-refractivity contribution is -0.152. The van der Waals surface area contributed by atoms with Crippen LogP contribution < -0.4 is 5.32 Å². The van der Waals surface area contributed by atoms with Crippen LogP contribution in [0.2, 0.25) is 5.02 Å². The number of nitrogens with zero attached hydrogens (tertiary/aromatic N) is 3. The smallest absolute Gasteiger partial charge is 0.309 e. The molecule has 11 heteroatoms. The third-order valence-electron chi connectivity index (χ3n) is 4.93. The molecule has 30 heavy (non-hydrogen) atoms. The average molecular weight is 455 g/mol. The van der Waals surface area contributed by atoms with Crippen molar-refractivity contribution in [2.45, 2.75) is 24.8 Å². The third kappa shape index (κ3) is 5.18. The van der Waals surface area contributed by atoms with E-state index >= 15 is 0 Å². The second kappa shape index (κ2) is 9.15. The predicted octanol–water partition coefficient (Wildman–Crippen LogP) is 1.96. The van der Waals surface area contributed by atoms with Gasteiger partial charge >= 0.3 is 5.97 Å². The quantitative estimate of drug-likeness (QED) is 0.668. The molecule has 3 rings (SSSR count). The molecule has 1 saturated heterocycles. The van der Waals surface area contributed by atoms with Gasteiger partial charge < -0.3 is 14.6 Å². The topological polar surface area (TPSA) is 111 Å². The highest BCUT2D eigenvalue weighted by Crippen LogP contribution is 2.24. The summed E-state index contributed by atoms with van der Waals surface area (Å²) in [6.07, 6.45) is 2.11. The van der Waals surface area contributed by atoms with E-state index in [1.807, 2.05) is 0 Å². The minimum Gasteiger partial charge on any atom is -0.455 e. The SMILES string of the molecule is Cc1nc(S(=O)(=O)N2CCC(C(=O)OCC(=O)Nc3cccc(Cl)c3)CC2)cn1C. The molecule has 1 aromatic heterocycles. The Kier molecular flexibility index (Phi) is 6.79. The number of aromatic nitrogens is 2. The highest BCUT2D eigenvalue weighted by atomic mass is 35.5. The Balaban J connectivity index is 1.48. The van der Waals surface area contributed by atoms with Crippen LogP contribution in [0, 0.1) is 12.8 Å². The van der Waals surface area contributed by atoms with Gasteiger partial charge in [-0.15, -0.1) is 0 Å². The molecule has 0 unspecified atom stereocenters. The van der Waals surface area contributed by atoms with E-state index in [0.29, 0.717) is 29.4 Å². The number of hydrogen-bond donors (Lipinski definition) is 1. The van der Waals surface area contributed by atoms with Crippen LogP contribution in [0.1, 0.15) is 18.7 Å². The first-order valence-corrected chi connectivity index (χ1v) is 11.2. The van der Waals surface area contributed by atoms with Crippen molar-refractivity contribution < 1.29 is 22.7 Å². The molecule has 1 aromatic carbocycles. The molecular formula is C19H23ClN4O5S. The van der Waals surface area contributed by atoms with Crippen LogP contribution in [-0.4, -0.2) is 53.8 Å². The lowest BCUT2D eigenvalue weighted by atomic mass is 9.98. The maximum Gasteiger partial charge on any atom is 0.309 e. The lowest BCUT2D eigenvalue weighted by Crippen LogP contribution is -2.41. The van der Waals surface area contributed by atoms with Gasteiger partial charge in [0.1, 0.15) is 5.82 Å². The van der Waals surface area contributed by atoms with Crippen molar-refractivity contribution in [3.8, 4) is 0 Å². The number of sulfonamides is 1. The van der Waals surface area contributed by atoms with Gasteiger partial charge in [0, 0.05) is 37.0 Å². The number of piperidine rings is 1. The van der Waals surface area contributed by atoms with E-state index < -0.39 is 34.4 Å². The van der Waals surface area contributed by atoms with Gasteiger partial charge in [-0.2, -0.15) is 4.31 Å². The molecule has 0 bridgehead atoms. The molecule has 1 aliphatic heterocycles. The Labute approximate surface area is 180 Å². The zero-order valence-electron chi connectivity index (χ0n) is 16.7. The second-order valence-electron chi connectivity index (χ2n) is 7.08. The molecule has 1 aliphatic rings. The van der Waals surface area contributed by atoms with Crippen LogP contribution in [-0.2, 0) is 31.4 Å². The Hall–Kier alpha value is -2.43. The highest BCUT2D eigenvalue weighted by molar-refractivity contribution is 7.89. The molecule has 162 valence electrons. The Morgan fingerprint density at radius 3 is 2.60 bits per heavy atom. The molecular weight excluding hydrogens is 432 g/mol. The molecule has 0 saturated carbocycles. The van der Waals surface area contributed by atoms with Gasteiger partial charge in [-0.05, 0) is 38.0 Å². The molecule has 1 fully saturated rings. The average Bonchev–Trinajstić information content (AvgIpc) is 3.05. The van der Waals surface area contributed by atoms with E-state index in [1.165, 1.54) is 10.5 Å². The summed E-state index contributed by atoms with van der Waals surface area (Å²) in [5, 5.41) is 3.08. The number of halogens is 1. The van der Waals surface area contributed by atoms with E-state index in [-0.39, 0.29) is 18.1 Å². The fourth-order valence-corrected chi connectivity index (χ4v) is 4.82. The first-order chi connectivity index (χ1) is 14.2. The predicted molar refractivity (Wildman–Crippen MR) is 110 cm³/mol. The van der Waals surface area contributed by atoms with Crippen LogP contribution in [0.3, 0.4) is 0 Å². The number of amides is 1. The summed E-state index contributed by atoms with van der Waals surface area (Å²) in [5.41, 5.74) is 0.506. The first kappa shape index (κ1) is 22.3. The number of carbonyl (C=O) groups is 2. The van der Waals surface area contributed by atoms with Gasteiger partial charge in [-0.3, -0.25) is 9.59 Å². The fraction of sp³-hybridized carbons (Fsp3) is 0.421. The summed E-state index contributed by atoms with van der Waals surface area (Å²) in [6.45, 7) is 1.68. The Morgan fingerprint density at radius 1 is 1.30 bits per heavy atom. The van der Waals surface area contributed by atoms with Crippen LogP contribution in [0.15, 0.2) is 35.5 Å². The standard InChI is InChI=1S/C19H23ClN4O5S/c1-13-21-18(11-23(13)2)30(27,28)24-8-6-14(7-9-24)19(26)29-12-17(25)22-16-5-3-4-15(20)10-16/h3-5,10-11,14H,6-9,12H2,1-2H3,(H,22,25). The normalized spacial score (nSPS) is 15.7. The van der Waals surface area contributed by atoms with Gasteiger partial charge in [0.25, 0.3) is 15.9 Å². The van der Waals surface area contributed by atoms with Crippen molar-refractivity contribution in [1.82, 2.24) is 13.9 Å². The molecule has 1 amide bonds. The zero-order valence-corrected chi connectivity index (χ0v) is 18.2. The number of nitrogens with one attached hydrogen (secondary N) is 1. The summed E-state index contributed by atoms with van der Waals surface area (Å²) in [4.78, 5) is 28.3. The monoisotopic (exact) mass is 454 g/mol. The molecule has 0 spiro atoms. The van der Waals surface area contributed by atoms with Gasteiger partial charge in [-0.25, -0.2) is 13.4 Å². The number of ether oxygens (including phenoxy) is 1. The van der Waals surface area contributed by atoms with Crippen molar-refractivity contribution >= 4 is 39.2 Å². The van der Waals surface area contributed by atoms with Crippen molar-refractivity contribution in [2.24, 2.45) is 13.0 Å². The van der Waals surface area contributed by atoms with Crippen molar-refractivity contribution in [1.29, 1.82) is 0 Å². The molecule has 0 radical (unpaired) electrons. The van der Waals surface area contributed by atoms with Crippen molar-refractivity contribution in [2.75, 3.05) is 25.0 Å². The number of carbonyl (C=O) groups excluding carboxylic acids is 2. The van der Waals surface area contributed by atoms with E-state index in [9.17, 15) is 18.0 Å². The Morgan fingerprint density at radius 2 is 2.00 bits per heavy atom. The van der Waals surface area contributed by atoms with Gasteiger partial charge in [0.05, 0.1) is 5.92 Å². The fourth-order valence-electron chi connectivity index (χ4n) is 3.13. The van der Waals surface area contributed by atoms with E-state index in [1.54, 1.807) is 42.8 Å². The van der Waals surface area contributed by atoms with Crippen LogP contribution in [0.4, 0.5) is 5.69 Å². The largest absolute Gasteiger partial charge is 0.455 e. The zero-order chi connectivity index (χ0) is 21.9. The summed E-state index contributed by atoms with van der Waals surface area (Å²) in [7, 11) is -1.97. The first-order valence-electron chi connectivity index (χ1n) is 9.39. The van der Waals surface area contributed by atoms with Gasteiger partial charge in [-0.1, -0.05) is 17.7 Å². The third-order valence-corrected chi connectivity index (χ3v) is 6.94. The van der Waals surface area contributed by atoms with E-state index in [0.717, 1.165) is 0 Å². The minimum atomic E-state index is -3.70. The summed E-state index contributed by atoms with van der Waals surface area (Å²) >= 11 is 5.86. The molecule has 2 aromatic rings. The number of rotatable bonds is 6. The van der Waals surface area contributed by atoms with Crippen molar-refractivity contribution in [3.05, 3.63) is 41.3 Å². The summed E-state index contributed by atoms with van der Waals surface area (Å²) in [6, 6.07) is 6.63. The lowest BCUT2D eigenvalue weighted by Gasteiger charge is -2.29. The summed E-state index contributed by atoms with van der Waals surface area (Å²) < 4.78 is 33.5. The van der Waals surface area contributed by atoms with Gasteiger partial charge in [0.2, 0.25) is 0 Å². The highest BCUT2D eigenvalue weighted by Gasteiger charge is 2.34. The van der Waals surface area contributed by atoms with Gasteiger partial charge in [0.15, 0.2) is 11.6 Å². The molecule has 0 aliphatic carbocycles. The van der Waals surface area contributed by atoms with Crippen LogP contribution >= 0.6 is 11.6 Å². The van der Waals surface area contributed by atoms with Crippen molar-refractivity contribution in [3.63, 3.8) is 0 Å². The number of esters is 1. The number of benzene rings is 1. The number of imidazole rings is 1. The number of hydrogen-bond acceptors (Lipinski definition) is 6. The number of anilines is 1. The van der Waals surface area contributed by atoms with Crippen LogP contribution in [0.5, 0.6) is 0 Å². The molecule has 0 atom stereocenters. The molecule has 9 nitrogen and oxygen atoms in total. The maximum absolute atomic E-state index is 12.7. The second-order valence-corrected chi connectivity index (χ2v) is 9.40. The van der Waals surface area contributed by atoms with E-state index in [2.05, 4.69) is 10.3 Å². The summed E-state index contributed by atoms with van der Waals surface area (Å²) in [5.74, 6) is -0.845. The maximum atomic E-state index is 12.7. The molecule has 2 heterocycles. The van der Waals surface area contributed by atoms with Crippen LogP contribution in [0.25, 0.3) is 0 Å². The number of aryl methyl sites for hydroxylation is 2. The van der Waals surface area contributed by atoms with E-state index in [4.69, 9.17) is 16.3 Å². The Bertz CT molecular complexity index is 1030.